The largest absolute Gasteiger partial charge is 0.309 e. The van der Waals surface area contributed by atoms with Crippen molar-refractivity contribution in [3.8, 4) is 77.9 Å². The molecule has 1 heteroatoms. The summed E-state index contributed by atoms with van der Waals surface area (Å²) >= 11 is 0. The molecule has 0 heterocycles. The summed E-state index contributed by atoms with van der Waals surface area (Å²) in [7, 11) is 0. The third-order valence-corrected chi connectivity index (χ3v) is 13.1. The van der Waals surface area contributed by atoms with E-state index < -0.39 is 0 Å². The van der Waals surface area contributed by atoms with E-state index in [0.717, 1.165) is 28.2 Å². The number of benzene rings is 10. The second-order valence-corrected chi connectivity index (χ2v) is 17.2. The normalized spacial score (nSPS) is 12.3. The summed E-state index contributed by atoms with van der Waals surface area (Å²) in [5.41, 5.74) is 22.9. The fourth-order valence-electron chi connectivity index (χ4n) is 10.0. The van der Waals surface area contributed by atoms with E-state index in [9.17, 15) is 0 Å². The Hall–Kier alpha value is -8.00. The molecular weight excluding hydrogens is 771 g/mol. The van der Waals surface area contributed by atoms with Gasteiger partial charge in [0.05, 0.1) is 11.4 Å². The highest BCUT2D eigenvalue weighted by molar-refractivity contribution is 6.03. The molecule has 0 saturated carbocycles. The van der Waals surface area contributed by atoms with Gasteiger partial charge in [-0.3, -0.25) is 0 Å². The highest BCUT2D eigenvalue weighted by Gasteiger charge is 2.36. The predicted octanol–water partition coefficient (Wildman–Crippen LogP) is 17.5. The maximum Gasteiger partial charge on any atom is 0.0546 e. The highest BCUT2D eigenvalue weighted by Crippen LogP contribution is 2.53. The van der Waals surface area contributed by atoms with Crippen LogP contribution >= 0.6 is 0 Å². The maximum atomic E-state index is 2.49. The molecule has 11 rings (SSSR count). The summed E-state index contributed by atoms with van der Waals surface area (Å²) in [4.78, 5) is 2.49. The number of rotatable bonds is 9. The van der Waals surface area contributed by atoms with Crippen LogP contribution in [0.5, 0.6) is 0 Å². The van der Waals surface area contributed by atoms with Crippen LogP contribution in [0.4, 0.5) is 17.1 Å². The Kier molecular flexibility index (Phi) is 9.94. The van der Waals surface area contributed by atoms with Gasteiger partial charge in [0.1, 0.15) is 0 Å². The van der Waals surface area contributed by atoms with E-state index in [1.54, 1.807) is 0 Å². The van der Waals surface area contributed by atoms with E-state index in [1.807, 2.05) is 0 Å². The van der Waals surface area contributed by atoms with Crippen LogP contribution in [0.25, 0.3) is 77.9 Å². The zero-order chi connectivity index (χ0) is 43.0. The van der Waals surface area contributed by atoms with Crippen LogP contribution in [-0.4, -0.2) is 0 Å². The van der Waals surface area contributed by atoms with Crippen LogP contribution in [0.3, 0.4) is 0 Å². The minimum absolute atomic E-state index is 0.0715. The molecule has 0 aliphatic heterocycles. The molecule has 0 amide bonds. The molecule has 10 aromatic rings. The van der Waals surface area contributed by atoms with Gasteiger partial charge in [-0.15, -0.1) is 0 Å². The van der Waals surface area contributed by atoms with Crippen molar-refractivity contribution in [3.63, 3.8) is 0 Å². The second kappa shape index (κ2) is 16.4. The standard InChI is InChI=1S/C63H47N/c1-63(2)57-32-16-14-29-56(57)61-53(30-18-33-58(61)63)49-40-42-50(43-41-49)64(59-34-17-15-27-52(59)48-38-36-45(37-39-48)44-20-6-3-7-21-44)60-35-19-31-54(47-24-10-5-11-25-47)62(60)55-28-13-12-26-51(55)46-22-8-4-9-23-46/h3-43H,1-2H3. The SMILES string of the molecule is CC1(C)c2ccccc2-c2c(-c3ccc(N(c4ccccc4-c4ccc(-c5ccccc5)cc4)c4cccc(-c5ccccc5)c4-c4ccccc4-c4ccccc4)cc3)cccc21. The Balaban J connectivity index is 1.14. The average molecular weight is 818 g/mol. The topological polar surface area (TPSA) is 3.24 Å². The lowest BCUT2D eigenvalue weighted by atomic mass is 9.82. The molecule has 10 aromatic carbocycles. The molecule has 1 nitrogen and oxygen atoms in total. The van der Waals surface area contributed by atoms with Crippen molar-refractivity contribution >= 4 is 17.1 Å². The number of anilines is 3. The van der Waals surface area contributed by atoms with Crippen LogP contribution in [0.2, 0.25) is 0 Å². The molecule has 0 unspecified atom stereocenters. The van der Waals surface area contributed by atoms with E-state index in [2.05, 4.69) is 267 Å². The van der Waals surface area contributed by atoms with Crippen molar-refractivity contribution in [2.24, 2.45) is 0 Å². The van der Waals surface area contributed by atoms with E-state index in [4.69, 9.17) is 0 Å². The molecule has 0 aromatic heterocycles. The maximum absolute atomic E-state index is 2.49. The van der Waals surface area contributed by atoms with Gasteiger partial charge < -0.3 is 4.90 Å². The Labute approximate surface area is 377 Å². The lowest BCUT2D eigenvalue weighted by Crippen LogP contribution is -2.14. The number of hydrogen-bond donors (Lipinski definition) is 0. The minimum atomic E-state index is -0.0715. The summed E-state index contributed by atoms with van der Waals surface area (Å²) in [6, 6.07) is 90.8. The number of fused-ring (bicyclic) bond motifs is 3. The van der Waals surface area contributed by atoms with Gasteiger partial charge >= 0.3 is 0 Å². The van der Waals surface area contributed by atoms with E-state index in [1.165, 1.54) is 77.9 Å². The number of hydrogen-bond acceptors (Lipinski definition) is 1. The molecule has 64 heavy (non-hydrogen) atoms. The lowest BCUT2D eigenvalue weighted by molar-refractivity contribution is 0.660. The minimum Gasteiger partial charge on any atom is -0.309 e. The molecule has 0 radical (unpaired) electrons. The number of nitrogens with zero attached hydrogens (tertiary/aromatic N) is 1. The second-order valence-electron chi connectivity index (χ2n) is 17.2. The molecule has 0 saturated heterocycles. The first-order valence-electron chi connectivity index (χ1n) is 22.3. The first-order chi connectivity index (χ1) is 31.5. The Morgan fingerprint density at radius 2 is 0.641 bits per heavy atom. The monoisotopic (exact) mass is 817 g/mol. The smallest absolute Gasteiger partial charge is 0.0546 e. The van der Waals surface area contributed by atoms with E-state index in [0.29, 0.717) is 0 Å². The van der Waals surface area contributed by atoms with Gasteiger partial charge in [0.25, 0.3) is 0 Å². The summed E-state index contributed by atoms with van der Waals surface area (Å²) in [5.74, 6) is 0. The molecule has 304 valence electrons. The van der Waals surface area contributed by atoms with Crippen LogP contribution in [-0.2, 0) is 5.41 Å². The Morgan fingerprint density at radius 1 is 0.250 bits per heavy atom. The van der Waals surface area contributed by atoms with Crippen molar-refractivity contribution in [3.05, 3.63) is 260 Å². The quantitative estimate of drug-likeness (QED) is 0.140. The van der Waals surface area contributed by atoms with Gasteiger partial charge in [0.15, 0.2) is 0 Å². The average Bonchev–Trinajstić information content (AvgIpc) is 3.61. The van der Waals surface area contributed by atoms with Gasteiger partial charge in [-0.2, -0.15) is 0 Å². The van der Waals surface area contributed by atoms with Crippen LogP contribution in [0, 0.1) is 0 Å². The van der Waals surface area contributed by atoms with E-state index >= 15 is 0 Å². The third-order valence-electron chi connectivity index (χ3n) is 13.1. The molecule has 0 bridgehead atoms. The zero-order valence-electron chi connectivity index (χ0n) is 36.1. The van der Waals surface area contributed by atoms with Gasteiger partial charge in [0, 0.05) is 22.2 Å². The first kappa shape index (κ1) is 38.9. The Morgan fingerprint density at radius 3 is 1.31 bits per heavy atom. The third kappa shape index (κ3) is 6.83. The summed E-state index contributed by atoms with van der Waals surface area (Å²) in [6.07, 6.45) is 0. The molecule has 0 atom stereocenters. The zero-order valence-corrected chi connectivity index (χ0v) is 36.1. The van der Waals surface area contributed by atoms with Crippen molar-refractivity contribution in [1.29, 1.82) is 0 Å². The van der Waals surface area contributed by atoms with Crippen LogP contribution in [0.1, 0.15) is 25.0 Å². The molecule has 1 aliphatic rings. The fraction of sp³-hybridized carbons (Fsp3) is 0.0476. The van der Waals surface area contributed by atoms with Crippen LogP contribution in [0.15, 0.2) is 249 Å². The van der Waals surface area contributed by atoms with E-state index in [-0.39, 0.29) is 5.41 Å². The molecule has 0 N–H and O–H groups in total. The summed E-state index contributed by atoms with van der Waals surface area (Å²) in [6.45, 7) is 4.71. The lowest BCUT2D eigenvalue weighted by Gasteiger charge is -2.31. The first-order valence-corrected chi connectivity index (χ1v) is 22.3. The molecule has 0 fully saturated rings. The van der Waals surface area contributed by atoms with Crippen LogP contribution < -0.4 is 4.90 Å². The number of para-hydroxylation sites is 1. The van der Waals surface area contributed by atoms with Crippen molar-refractivity contribution in [2.75, 3.05) is 4.90 Å². The van der Waals surface area contributed by atoms with Gasteiger partial charge in [-0.25, -0.2) is 0 Å². The van der Waals surface area contributed by atoms with Gasteiger partial charge in [0.2, 0.25) is 0 Å². The highest BCUT2D eigenvalue weighted by atomic mass is 15.1. The molecular formula is C63H47N. The van der Waals surface area contributed by atoms with Gasteiger partial charge in [-0.1, -0.05) is 238 Å². The van der Waals surface area contributed by atoms with Crippen molar-refractivity contribution < 1.29 is 0 Å². The molecule has 1 aliphatic carbocycles. The summed E-state index contributed by atoms with van der Waals surface area (Å²) < 4.78 is 0. The summed E-state index contributed by atoms with van der Waals surface area (Å²) in [5, 5.41) is 0. The van der Waals surface area contributed by atoms with Crippen molar-refractivity contribution in [2.45, 2.75) is 19.3 Å². The molecule has 0 spiro atoms. The predicted molar refractivity (Wildman–Crippen MR) is 271 cm³/mol. The van der Waals surface area contributed by atoms with Gasteiger partial charge in [-0.05, 0) is 102 Å². The van der Waals surface area contributed by atoms with Crippen molar-refractivity contribution in [1.82, 2.24) is 0 Å². The fourth-order valence-corrected chi connectivity index (χ4v) is 10.0. The Bertz CT molecular complexity index is 3260.